The monoisotopic (exact) mass is 392 g/mol. The average molecular weight is 392 g/mol. The summed E-state index contributed by atoms with van der Waals surface area (Å²) in [5.74, 6) is 1.52. The lowest BCUT2D eigenvalue weighted by Crippen LogP contribution is -2.39. The Morgan fingerprint density at radius 2 is 2.18 bits per heavy atom. The largest absolute Gasteiger partial charge is 0.346 e. The lowest BCUT2D eigenvalue weighted by molar-refractivity contribution is -0.117. The van der Waals surface area contributed by atoms with E-state index in [9.17, 15) is 4.79 Å². The van der Waals surface area contributed by atoms with E-state index in [4.69, 9.17) is 5.73 Å². The molecule has 2 atom stereocenters. The second kappa shape index (κ2) is 6.96. The first-order chi connectivity index (χ1) is 13.7. The molecule has 3 heterocycles. The van der Waals surface area contributed by atoms with Gasteiger partial charge in [-0.25, -0.2) is 9.97 Å². The van der Waals surface area contributed by atoms with Gasteiger partial charge >= 0.3 is 0 Å². The number of carbonyl (C=O) groups excluding carboxylic acids is 1. The molecule has 28 heavy (non-hydrogen) atoms. The van der Waals surface area contributed by atoms with Crippen LogP contribution in [-0.4, -0.2) is 39.2 Å². The first kappa shape index (κ1) is 17.3. The molecule has 1 aromatic carbocycles. The number of anilines is 1. The van der Waals surface area contributed by atoms with Gasteiger partial charge in [0.1, 0.15) is 17.8 Å². The predicted molar refractivity (Wildman–Crippen MR) is 111 cm³/mol. The van der Waals surface area contributed by atoms with Crippen LogP contribution in [0, 0.1) is 0 Å². The minimum Gasteiger partial charge on any atom is -0.346 e. The van der Waals surface area contributed by atoms with Gasteiger partial charge in [0.25, 0.3) is 5.91 Å². The molecule has 0 saturated heterocycles. The Bertz CT molecular complexity index is 1080. The van der Waals surface area contributed by atoms with Gasteiger partial charge in [-0.2, -0.15) is 0 Å². The number of carbonyl (C=O) groups is 1. The minimum absolute atomic E-state index is 0.0915. The van der Waals surface area contributed by atoms with Crippen molar-refractivity contribution < 1.29 is 4.79 Å². The van der Waals surface area contributed by atoms with E-state index in [0.717, 1.165) is 41.1 Å². The Morgan fingerprint density at radius 1 is 1.29 bits per heavy atom. The minimum atomic E-state index is -0.156. The molecule has 0 spiro atoms. The van der Waals surface area contributed by atoms with E-state index in [1.165, 1.54) is 11.9 Å². The average Bonchev–Trinajstić information content (AvgIpc) is 3.32. The number of nitrogens with one attached hydrogen (secondary N) is 2. The zero-order valence-electron chi connectivity index (χ0n) is 15.1. The second-order valence-corrected chi connectivity index (χ2v) is 8.13. The summed E-state index contributed by atoms with van der Waals surface area (Å²) < 4.78 is 0. The molecule has 1 amide bonds. The number of H-pyrrole nitrogens is 1. The van der Waals surface area contributed by atoms with E-state index in [-0.39, 0.29) is 18.0 Å². The standard InChI is InChI=1S/C20H20N6OS/c21-15-9-12-3-1-2-4-13(12)17(15)25-20(27)16-10-26(7-8-28-16)19-14-5-6-22-18(14)23-11-24-19/h1-6,10-11,15,17H,7-9,21H2,(H,25,27)(H,22,23,24)/t15-,17+/m0/s1. The summed E-state index contributed by atoms with van der Waals surface area (Å²) in [4.78, 5) is 27.4. The molecule has 0 saturated carbocycles. The normalized spacial score (nSPS) is 21.5. The maximum Gasteiger partial charge on any atom is 0.259 e. The van der Waals surface area contributed by atoms with Crippen molar-refractivity contribution in [2.24, 2.45) is 5.73 Å². The van der Waals surface area contributed by atoms with Crippen molar-refractivity contribution in [3.63, 3.8) is 0 Å². The highest BCUT2D eigenvalue weighted by Gasteiger charge is 2.32. The highest BCUT2D eigenvalue weighted by Crippen LogP contribution is 2.32. The number of aromatic amines is 1. The maximum absolute atomic E-state index is 13.0. The summed E-state index contributed by atoms with van der Waals surface area (Å²) in [7, 11) is 0. The number of hydrogen-bond acceptors (Lipinski definition) is 6. The fraction of sp³-hybridized carbons (Fsp3) is 0.250. The van der Waals surface area contributed by atoms with Gasteiger partial charge in [0.2, 0.25) is 0 Å². The Kier molecular flexibility index (Phi) is 4.29. The highest BCUT2D eigenvalue weighted by molar-refractivity contribution is 8.04. The molecular formula is C20H20N6OS. The fourth-order valence-electron chi connectivity index (χ4n) is 3.90. The number of nitrogens with two attached hydrogens (primary N) is 1. The van der Waals surface area contributed by atoms with Crippen molar-refractivity contribution in [1.82, 2.24) is 20.3 Å². The zero-order valence-corrected chi connectivity index (χ0v) is 15.9. The molecule has 0 fully saturated rings. The molecule has 2 aliphatic rings. The molecule has 142 valence electrons. The van der Waals surface area contributed by atoms with Crippen molar-refractivity contribution in [3.8, 4) is 0 Å². The quantitative estimate of drug-likeness (QED) is 0.631. The smallest absolute Gasteiger partial charge is 0.259 e. The number of hydrogen-bond donors (Lipinski definition) is 3. The van der Waals surface area contributed by atoms with Gasteiger partial charge in [-0.3, -0.25) is 4.79 Å². The van der Waals surface area contributed by atoms with Crippen molar-refractivity contribution in [2.45, 2.75) is 18.5 Å². The number of nitrogens with zero attached hydrogens (tertiary/aromatic N) is 3. The van der Waals surface area contributed by atoms with Crippen LogP contribution in [0.5, 0.6) is 0 Å². The second-order valence-electron chi connectivity index (χ2n) is 6.99. The lowest BCUT2D eigenvalue weighted by Gasteiger charge is -2.26. The topological polar surface area (TPSA) is 99.9 Å². The van der Waals surface area contributed by atoms with Gasteiger partial charge in [0.15, 0.2) is 0 Å². The molecule has 1 aliphatic carbocycles. The molecular weight excluding hydrogens is 372 g/mol. The van der Waals surface area contributed by atoms with Crippen LogP contribution < -0.4 is 16.0 Å². The number of fused-ring (bicyclic) bond motifs is 2. The van der Waals surface area contributed by atoms with Crippen molar-refractivity contribution >= 4 is 34.5 Å². The molecule has 0 unspecified atom stereocenters. The maximum atomic E-state index is 13.0. The fourth-order valence-corrected chi connectivity index (χ4v) is 4.80. The number of amides is 1. The number of benzene rings is 1. The highest BCUT2D eigenvalue weighted by atomic mass is 32.2. The van der Waals surface area contributed by atoms with E-state index < -0.39 is 0 Å². The van der Waals surface area contributed by atoms with Crippen LogP contribution in [0.25, 0.3) is 11.0 Å². The molecule has 7 nitrogen and oxygen atoms in total. The van der Waals surface area contributed by atoms with Crippen LogP contribution in [0.15, 0.2) is 54.0 Å². The van der Waals surface area contributed by atoms with Crippen LogP contribution >= 0.6 is 11.8 Å². The first-order valence-corrected chi connectivity index (χ1v) is 10.2. The summed E-state index contributed by atoms with van der Waals surface area (Å²) in [6.45, 7) is 0.782. The van der Waals surface area contributed by atoms with Crippen molar-refractivity contribution in [3.05, 3.63) is 65.1 Å². The third kappa shape index (κ3) is 2.94. The van der Waals surface area contributed by atoms with Crippen LogP contribution in [0.3, 0.4) is 0 Å². The number of rotatable bonds is 3. The summed E-state index contributed by atoms with van der Waals surface area (Å²) in [5, 5.41) is 4.08. The van der Waals surface area contributed by atoms with Crippen molar-refractivity contribution in [2.75, 3.05) is 17.2 Å². The molecule has 0 bridgehead atoms. The Hall–Kier alpha value is -2.84. The molecule has 1 aliphatic heterocycles. The molecule has 8 heteroatoms. The first-order valence-electron chi connectivity index (χ1n) is 9.24. The zero-order chi connectivity index (χ0) is 19.1. The predicted octanol–water partition coefficient (Wildman–Crippen LogP) is 2.09. The Labute approximate surface area is 166 Å². The summed E-state index contributed by atoms with van der Waals surface area (Å²) in [5.41, 5.74) is 9.42. The summed E-state index contributed by atoms with van der Waals surface area (Å²) >= 11 is 1.56. The number of thioether (sulfide) groups is 1. The van der Waals surface area contributed by atoms with Gasteiger partial charge in [-0.15, -0.1) is 11.8 Å². The third-order valence-corrected chi connectivity index (χ3v) is 6.24. The van der Waals surface area contributed by atoms with E-state index in [1.807, 2.05) is 41.6 Å². The molecule has 2 aromatic heterocycles. The van der Waals surface area contributed by atoms with Gasteiger partial charge < -0.3 is 20.9 Å². The summed E-state index contributed by atoms with van der Waals surface area (Å²) in [6.07, 6.45) is 6.05. The van der Waals surface area contributed by atoms with Crippen molar-refractivity contribution in [1.29, 1.82) is 0 Å². The van der Waals surface area contributed by atoms with Crippen LogP contribution in [0.4, 0.5) is 5.82 Å². The molecule has 3 aromatic rings. The van der Waals surface area contributed by atoms with Gasteiger partial charge in [0, 0.05) is 30.7 Å². The van der Waals surface area contributed by atoms with Crippen LogP contribution in [-0.2, 0) is 11.2 Å². The SMILES string of the molecule is N[C@H]1Cc2ccccc2[C@H]1NC(=O)C1=CN(c2ncnc3[nH]ccc23)CCS1. The van der Waals surface area contributed by atoms with E-state index >= 15 is 0 Å². The Balaban J connectivity index is 1.40. The van der Waals surface area contributed by atoms with E-state index in [1.54, 1.807) is 11.8 Å². The molecule has 0 radical (unpaired) electrons. The summed E-state index contributed by atoms with van der Waals surface area (Å²) in [6, 6.07) is 9.82. The van der Waals surface area contributed by atoms with Crippen LogP contribution in [0.2, 0.25) is 0 Å². The lowest BCUT2D eigenvalue weighted by atomic mass is 10.1. The van der Waals surface area contributed by atoms with Gasteiger partial charge in [-0.05, 0) is 23.6 Å². The van der Waals surface area contributed by atoms with Crippen LogP contribution in [0.1, 0.15) is 17.2 Å². The Morgan fingerprint density at radius 3 is 3.11 bits per heavy atom. The van der Waals surface area contributed by atoms with Gasteiger partial charge in [-0.1, -0.05) is 24.3 Å². The molecule has 5 rings (SSSR count). The third-order valence-electron chi connectivity index (χ3n) is 5.25. The molecule has 4 N–H and O–H groups in total. The van der Waals surface area contributed by atoms with E-state index in [0.29, 0.717) is 4.91 Å². The number of aromatic nitrogens is 3. The van der Waals surface area contributed by atoms with E-state index in [2.05, 4.69) is 26.3 Å². The van der Waals surface area contributed by atoms with Gasteiger partial charge in [0.05, 0.1) is 16.3 Å².